The molecule has 134 valence electrons. The monoisotopic (exact) mass is 358 g/mol. The molecule has 3 heterocycles. The maximum atomic E-state index is 9.75. The Morgan fingerprint density at radius 2 is 1.93 bits per heavy atom. The second-order valence-corrected chi connectivity index (χ2v) is 6.72. The number of furan rings is 1. The van der Waals surface area contributed by atoms with Crippen LogP contribution in [0.15, 0.2) is 53.1 Å². The summed E-state index contributed by atoms with van der Waals surface area (Å²) >= 11 is 0. The van der Waals surface area contributed by atoms with E-state index in [2.05, 4.69) is 26.9 Å². The Hall–Kier alpha value is -3.43. The van der Waals surface area contributed by atoms with Crippen molar-refractivity contribution in [1.82, 2.24) is 19.7 Å². The molecule has 4 rings (SSSR count). The lowest BCUT2D eigenvalue weighted by atomic mass is 10.1. The smallest absolute Gasteiger partial charge is 0.199 e. The molecule has 0 unspecified atom stereocenters. The fraction of sp³-hybridized carbons (Fsp3) is 0.190. The summed E-state index contributed by atoms with van der Waals surface area (Å²) in [5, 5.41) is 15.3. The van der Waals surface area contributed by atoms with Gasteiger partial charge in [-0.1, -0.05) is 24.1 Å². The minimum absolute atomic E-state index is 0.454. The van der Waals surface area contributed by atoms with Crippen molar-refractivity contribution in [2.24, 2.45) is 0 Å². The number of aryl methyl sites for hydroxylation is 1. The maximum Gasteiger partial charge on any atom is 0.199 e. The molecule has 0 aliphatic rings. The molecular formula is C21H18N4O2. The standard InChI is InChI=1S/C21H18N4O2/c1-14-23-20(18-10-9-16(27-18)11-12-21(2,3)26)25(24-14)17-8-4-6-15-7-5-13-22-19(15)17/h4-10,13,26H,1-3H3. The molecule has 27 heavy (non-hydrogen) atoms. The van der Waals surface area contributed by atoms with Crippen molar-refractivity contribution in [1.29, 1.82) is 0 Å². The van der Waals surface area contributed by atoms with E-state index in [9.17, 15) is 5.11 Å². The lowest BCUT2D eigenvalue weighted by molar-refractivity contribution is 0.143. The van der Waals surface area contributed by atoms with Crippen molar-refractivity contribution < 1.29 is 9.52 Å². The van der Waals surface area contributed by atoms with E-state index in [4.69, 9.17) is 4.42 Å². The van der Waals surface area contributed by atoms with Crippen LogP contribution in [0.25, 0.3) is 28.2 Å². The summed E-state index contributed by atoms with van der Waals surface area (Å²) in [6, 6.07) is 13.4. The SMILES string of the molecule is Cc1nc(-c2ccc(C#CC(C)(C)O)o2)n(-c2cccc3cccnc23)n1. The Kier molecular flexibility index (Phi) is 4.02. The Labute approximate surface area is 156 Å². The third-order valence-corrected chi connectivity index (χ3v) is 3.87. The molecule has 1 N–H and O–H groups in total. The van der Waals surface area contributed by atoms with Crippen LogP contribution in [0.5, 0.6) is 0 Å². The Balaban J connectivity index is 1.83. The van der Waals surface area contributed by atoms with Gasteiger partial charge in [0.15, 0.2) is 17.3 Å². The van der Waals surface area contributed by atoms with Gasteiger partial charge in [0.2, 0.25) is 0 Å². The van der Waals surface area contributed by atoms with Crippen LogP contribution < -0.4 is 0 Å². The van der Waals surface area contributed by atoms with Gasteiger partial charge in [-0.2, -0.15) is 5.10 Å². The molecule has 0 atom stereocenters. The second kappa shape index (κ2) is 6.38. The summed E-state index contributed by atoms with van der Waals surface area (Å²) in [6.45, 7) is 5.07. The maximum absolute atomic E-state index is 9.75. The van der Waals surface area contributed by atoms with Gasteiger partial charge in [0.1, 0.15) is 11.4 Å². The molecule has 0 aliphatic heterocycles. The first-order chi connectivity index (χ1) is 12.9. The fourth-order valence-electron chi connectivity index (χ4n) is 2.74. The zero-order valence-electron chi connectivity index (χ0n) is 15.3. The van der Waals surface area contributed by atoms with Gasteiger partial charge >= 0.3 is 0 Å². The number of benzene rings is 1. The van der Waals surface area contributed by atoms with Crippen molar-refractivity contribution >= 4 is 10.9 Å². The van der Waals surface area contributed by atoms with Crippen LogP contribution in [0.2, 0.25) is 0 Å². The number of pyridine rings is 1. The first-order valence-corrected chi connectivity index (χ1v) is 8.54. The summed E-state index contributed by atoms with van der Waals surface area (Å²) in [4.78, 5) is 9.01. The number of rotatable bonds is 2. The van der Waals surface area contributed by atoms with Gasteiger partial charge in [-0.3, -0.25) is 4.98 Å². The van der Waals surface area contributed by atoms with Gasteiger partial charge in [0.25, 0.3) is 0 Å². The van der Waals surface area contributed by atoms with Crippen molar-refractivity contribution in [2.45, 2.75) is 26.4 Å². The van der Waals surface area contributed by atoms with Crippen LogP contribution in [-0.2, 0) is 0 Å². The molecule has 6 nitrogen and oxygen atoms in total. The van der Waals surface area contributed by atoms with Gasteiger partial charge in [-0.25, -0.2) is 9.67 Å². The van der Waals surface area contributed by atoms with E-state index < -0.39 is 5.60 Å². The first-order valence-electron chi connectivity index (χ1n) is 8.54. The molecule has 0 fully saturated rings. The van der Waals surface area contributed by atoms with Crippen LogP contribution in [0.4, 0.5) is 0 Å². The minimum atomic E-state index is -1.09. The number of hydrogen-bond acceptors (Lipinski definition) is 5. The molecule has 0 radical (unpaired) electrons. The number of para-hydroxylation sites is 1. The molecule has 0 spiro atoms. The predicted octanol–water partition coefficient (Wildman–Crippen LogP) is 3.51. The predicted molar refractivity (Wildman–Crippen MR) is 102 cm³/mol. The topological polar surface area (TPSA) is 77.0 Å². The van der Waals surface area contributed by atoms with E-state index in [1.165, 1.54) is 0 Å². The molecule has 1 aromatic carbocycles. The lowest BCUT2D eigenvalue weighted by Gasteiger charge is -2.07. The van der Waals surface area contributed by atoms with Gasteiger partial charge in [-0.15, -0.1) is 0 Å². The number of fused-ring (bicyclic) bond motifs is 1. The molecule has 0 saturated carbocycles. The van der Waals surface area contributed by atoms with E-state index in [0.29, 0.717) is 23.2 Å². The van der Waals surface area contributed by atoms with Gasteiger partial charge in [0.05, 0.1) is 11.2 Å². The van der Waals surface area contributed by atoms with Crippen LogP contribution in [-0.4, -0.2) is 30.5 Å². The lowest BCUT2D eigenvalue weighted by Crippen LogP contribution is -2.14. The van der Waals surface area contributed by atoms with E-state index in [1.54, 1.807) is 36.9 Å². The summed E-state index contributed by atoms with van der Waals surface area (Å²) in [6.07, 6.45) is 1.76. The Bertz CT molecular complexity index is 1180. The third-order valence-electron chi connectivity index (χ3n) is 3.87. The van der Waals surface area contributed by atoms with E-state index in [0.717, 1.165) is 16.6 Å². The highest BCUT2D eigenvalue weighted by Crippen LogP contribution is 2.26. The van der Waals surface area contributed by atoms with Gasteiger partial charge in [-0.05, 0) is 51.0 Å². The summed E-state index contributed by atoms with van der Waals surface area (Å²) in [7, 11) is 0. The average molecular weight is 358 g/mol. The summed E-state index contributed by atoms with van der Waals surface area (Å²) in [5.41, 5.74) is 0.571. The molecule has 3 aromatic heterocycles. The number of aromatic nitrogens is 4. The summed E-state index contributed by atoms with van der Waals surface area (Å²) in [5.74, 6) is 7.77. The van der Waals surface area contributed by atoms with Crippen LogP contribution in [0, 0.1) is 18.8 Å². The average Bonchev–Trinajstić information content (AvgIpc) is 3.25. The summed E-state index contributed by atoms with van der Waals surface area (Å²) < 4.78 is 7.56. The minimum Gasteiger partial charge on any atom is -0.444 e. The molecule has 4 aromatic rings. The fourth-order valence-corrected chi connectivity index (χ4v) is 2.74. The quantitative estimate of drug-likeness (QED) is 0.555. The van der Waals surface area contributed by atoms with E-state index in [1.807, 2.05) is 37.3 Å². The normalized spacial score (nSPS) is 11.4. The van der Waals surface area contributed by atoms with Gasteiger partial charge in [0, 0.05) is 11.6 Å². The first kappa shape index (κ1) is 17.0. The zero-order chi connectivity index (χ0) is 19.0. The number of hydrogen-bond donors (Lipinski definition) is 1. The molecule has 0 bridgehead atoms. The third kappa shape index (κ3) is 3.46. The molecular weight excluding hydrogens is 340 g/mol. The van der Waals surface area contributed by atoms with E-state index >= 15 is 0 Å². The molecule has 0 amide bonds. The number of aliphatic hydroxyl groups is 1. The molecule has 6 heteroatoms. The molecule has 0 aliphatic carbocycles. The highest BCUT2D eigenvalue weighted by molar-refractivity contribution is 5.86. The van der Waals surface area contributed by atoms with Crippen molar-refractivity contribution in [3.05, 3.63) is 60.2 Å². The number of nitrogens with zero attached hydrogens (tertiary/aromatic N) is 4. The van der Waals surface area contributed by atoms with Crippen molar-refractivity contribution in [3.8, 4) is 29.1 Å². The largest absolute Gasteiger partial charge is 0.444 e. The van der Waals surface area contributed by atoms with Crippen molar-refractivity contribution in [2.75, 3.05) is 0 Å². The highest BCUT2D eigenvalue weighted by Gasteiger charge is 2.17. The van der Waals surface area contributed by atoms with Crippen LogP contribution in [0.3, 0.4) is 0 Å². The zero-order valence-corrected chi connectivity index (χ0v) is 15.3. The van der Waals surface area contributed by atoms with E-state index in [-0.39, 0.29) is 0 Å². The van der Waals surface area contributed by atoms with Crippen LogP contribution >= 0.6 is 0 Å². The van der Waals surface area contributed by atoms with Crippen LogP contribution in [0.1, 0.15) is 25.4 Å². The highest BCUT2D eigenvalue weighted by atomic mass is 16.3. The Morgan fingerprint density at radius 1 is 1.11 bits per heavy atom. The molecule has 0 saturated heterocycles. The van der Waals surface area contributed by atoms with Crippen molar-refractivity contribution in [3.63, 3.8) is 0 Å². The Morgan fingerprint density at radius 3 is 2.74 bits per heavy atom. The second-order valence-electron chi connectivity index (χ2n) is 6.72. The van der Waals surface area contributed by atoms with Gasteiger partial charge < -0.3 is 9.52 Å².